The van der Waals surface area contributed by atoms with E-state index in [4.69, 9.17) is 14.2 Å². The van der Waals surface area contributed by atoms with Gasteiger partial charge in [0.05, 0.1) is 26.6 Å². The highest BCUT2D eigenvalue weighted by Gasteiger charge is 2.57. The van der Waals surface area contributed by atoms with Crippen LogP contribution in [0.25, 0.3) is 21.9 Å². The molecule has 1 amide bonds. The highest BCUT2D eigenvalue weighted by Crippen LogP contribution is 2.56. The number of rotatable bonds is 7. The minimum atomic E-state index is -0.104. The van der Waals surface area contributed by atoms with Crippen LogP contribution in [-0.4, -0.2) is 56.5 Å². The first-order chi connectivity index (χ1) is 15.0. The lowest BCUT2D eigenvalue weighted by molar-refractivity contribution is -0.134. The van der Waals surface area contributed by atoms with Gasteiger partial charge >= 0.3 is 0 Å². The monoisotopic (exact) mass is 440 g/mol. The minimum Gasteiger partial charge on any atom is -0.495 e. The molecule has 0 aliphatic heterocycles. The molecule has 0 radical (unpaired) electrons. The molecule has 4 aromatic heterocycles. The second kappa shape index (κ2) is 6.58. The Kier molecular flexibility index (Phi) is 3.91. The standard InChI is InChI=1S/C20H20N6O4S/c1-28-12-3-16(30-10-17(27)22-20-5-11(6-20)7-20)15-4-13(23-25(15)8-12)14-9-26-18(21-14)31-19(24-26)29-2/h3-4,8-9,11H,5-7,10H2,1-2H3,(H,22,27). The van der Waals surface area contributed by atoms with Gasteiger partial charge in [-0.1, -0.05) is 0 Å². The number of amides is 1. The van der Waals surface area contributed by atoms with Gasteiger partial charge in [0.25, 0.3) is 11.1 Å². The van der Waals surface area contributed by atoms with E-state index in [2.05, 4.69) is 20.5 Å². The van der Waals surface area contributed by atoms with Gasteiger partial charge in [-0.25, -0.2) is 14.0 Å². The summed E-state index contributed by atoms with van der Waals surface area (Å²) in [7, 11) is 3.15. The number of hydrogen-bond acceptors (Lipinski definition) is 8. The molecule has 3 aliphatic carbocycles. The molecule has 10 nitrogen and oxygen atoms in total. The van der Waals surface area contributed by atoms with Crippen LogP contribution in [0.5, 0.6) is 16.7 Å². The van der Waals surface area contributed by atoms with E-state index in [9.17, 15) is 4.79 Å². The van der Waals surface area contributed by atoms with E-state index >= 15 is 0 Å². The van der Waals surface area contributed by atoms with Crippen LogP contribution in [0.3, 0.4) is 0 Å². The third-order valence-electron chi connectivity index (χ3n) is 6.01. The van der Waals surface area contributed by atoms with Crippen LogP contribution in [0, 0.1) is 5.92 Å². The van der Waals surface area contributed by atoms with Gasteiger partial charge in [0.15, 0.2) is 6.61 Å². The molecule has 0 saturated heterocycles. The summed E-state index contributed by atoms with van der Waals surface area (Å²) < 4.78 is 19.7. The zero-order valence-electron chi connectivity index (χ0n) is 17.0. The van der Waals surface area contributed by atoms with Crippen molar-refractivity contribution in [2.45, 2.75) is 24.8 Å². The molecule has 31 heavy (non-hydrogen) atoms. The number of ether oxygens (including phenoxy) is 3. The van der Waals surface area contributed by atoms with Crippen LogP contribution in [0.15, 0.2) is 24.5 Å². The van der Waals surface area contributed by atoms with E-state index in [0.717, 1.165) is 30.7 Å². The third-order valence-corrected chi connectivity index (χ3v) is 6.89. The molecule has 3 fully saturated rings. The van der Waals surface area contributed by atoms with Gasteiger partial charge in [0.2, 0.25) is 4.96 Å². The van der Waals surface area contributed by atoms with E-state index < -0.39 is 0 Å². The lowest BCUT2D eigenvalue weighted by Gasteiger charge is -2.61. The van der Waals surface area contributed by atoms with Gasteiger partial charge in [0, 0.05) is 11.6 Å². The number of carbonyl (C=O) groups excluding carboxylic acids is 1. The third kappa shape index (κ3) is 2.99. The number of hydrogen-bond donors (Lipinski definition) is 1. The molecular weight excluding hydrogens is 420 g/mol. The summed E-state index contributed by atoms with van der Waals surface area (Å²) >= 11 is 1.35. The van der Waals surface area contributed by atoms with Gasteiger partial charge in [-0.3, -0.25) is 4.79 Å². The van der Waals surface area contributed by atoms with E-state index in [1.165, 1.54) is 11.3 Å². The quantitative estimate of drug-likeness (QED) is 0.470. The fourth-order valence-electron chi connectivity index (χ4n) is 4.38. The summed E-state index contributed by atoms with van der Waals surface area (Å²) in [6.07, 6.45) is 6.84. The number of fused-ring (bicyclic) bond motifs is 2. The number of nitrogens with zero attached hydrogens (tertiary/aromatic N) is 5. The Labute approximate surface area is 180 Å². The Morgan fingerprint density at radius 3 is 2.68 bits per heavy atom. The van der Waals surface area contributed by atoms with Crippen molar-refractivity contribution < 1.29 is 19.0 Å². The molecule has 4 aromatic rings. The van der Waals surface area contributed by atoms with Gasteiger partial charge in [-0.05, 0) is 42.6 Å². The van der Waals surface area contributed by atoms with Crippen molar-refractivity contribution in [3.8, 4) is 28.1 Å². The van der Waals surface area contributed by atoms with Crippen molar-refractivity contribution in [2.24, 2.45) is 5.92 Å². The summed E-state index contributed by atoms with van der Waals surface area (Å²) in [6, 6.07) is 3.63. The minimum absolute atomic E-state index is 0.0310. The zero-order chi connectivity index (χ0) is 21.2. The number of imidazole rings is 1. The number of methoxy groups -OCH3 is 2. The average molecular weight is 440 g/mol. The Hall–Kier alpha value is -3.34. The van der Waals surface area contributed by atoms with E-state index in [0.29, 0.717) is 33.0 Å². The summed E-state index contributed by atoms with van der Waals surface area (Å²) in [5.74, 6) is 1.80. The number of aromatic nitrogens is 5. The van der Waals surface area contributed by atoms with Crippen molar-refractivity contribution in [2.75, 3.05) is 20.8 Å². The number of pyridine rings is 1. The number of carbonyl (C=O) groups is 1. The molecule has 7 rings (SSSR count). The van der Waals surface area contributed by atoms with Crippen molar-refractivity contribution in [3.05, 3.63) is 24.5 Å². The fraction of sp³-hybridized carbons (Fsp3) is 0.400. The molecule has 3 saturated carbocycles. The maximum absolute atomic E-state index is 12.4. The molecule has 0 unspecified atom stereocenters. The predicted molar refractivity (Wildman–Crippen MR) is 112 cm³/mol. The Balaban J connectivity index is 1.28. The normalized spacial score (nSPS) is 21.5. The maximum atomic E-state index is 12.4. The molecule has 11 heteroatoms. The molecule has 1 N–H and O–H groups in total. The van der Waals surface area contributed by atoms with E-state index in [1.54, 1.807) is 41.7 Å². The first-order valence-electron chi connectivity index (χ1n) is 9.96. The molecular formula is C20H20N6O4S. The summed E-state index contributed by atoms with van der Waals surface area (Å²) in [4.78, 5) is 17.7. The Bertz CT molecular complexity index is 1280. The lowest BCUT2D eigenvalue weighted by Crippen LogP contribution is -2.68. The Morgan fingerprint density at radius 1 is 1.16 bits per heavy atom. The first kappa shape index (κ1) is 18.4. The smallest absolute Gasteiger partial charge is 0.294 e. The van der Waals surface area contributed by atoms with E-state index in [-0.39, 0.29) is 18.1 Å². The largest absolute Gasteiger partial charge is 0.495 e. The van der Waals surface area contributed by atoms with Gasteiger partial charge in [-0.2, -0.15) is 5.10 Å². The van der Waals surface area contributed by atoms with Crippen LogP contribution in [-0.2, 0) is 4.79 Å². The molecule has 0 aromatic carbocycles. The predicted octanol–water partition coefficient (Wildman–Crippen LogP) is 2.17. The number of nitrogens with one attached hydrogen (secondary N) is 1. The Morgan fingerprint density at radius 2 is 2.00 bits per heavy atom. The molecule has 4 heterocycles. The first-order valence-corrected chi connectivity index (χ1v) is 10.8. The summed E-state index contributed by atoms with van der Waals surface area (Å²) in [5.41, 5.74) is 2.09. The SMILES string of the molecule is COc1cc(OCC(=O)NC23CC(C2)C3)c2cc(-c3cn4nc(OC)sc4n3)nn2c1. The van der Waals surface area contributed by atoms with Gasteiger partial charge in [0.1, 0.15) is 28.4 Å². The lowest BCUT2D eigenvalue weighted by atomic mass is 9.50. The van der Waals surface area contributed by atoms with Crippen LogP contribution in [0.1, 0.15) is 19.3 Å². The van der Waals surface area contributed by atoms with Crippen molar-refractivity contribution >= 4 is 27.7 Å². The fourth-order valence-corrected chi connectivity index (χ4v) is 5.08. The topological polar surface area (TPSA) is 104 Å². The van der Waals surface area contributed by atoms with Crippen LogP contribution in [0.2, 0.25) is 0 Å². The highest BCUT2D eigenvalue weighted by molar-refractivity contribution is 7.18. The molecule has 2 bridgehead atoms. The maximum Gasteiger partial charge on any atom is 0.294 e. The van der Waals surface area contributed by atoms with E-state index in [1.807, 2.05) is 6.07 Å². The van der Waals surface area contributed by atoms with Crippen molar-refractivity contribution in [1.82, 2.24) is 29.5 Å². The van der Waals surface area contributed by atoms with Gasteiger partial charge in [-0.15, -0.1) is 5.10 Å². The molecule has 0 spiro atoms. The average Bonchev–Trinajstić information content (AvgIpc) is 3.39. The van der Waals surface area contributed by atoms with Crippen molar-refractivity contribution in [3.63, 3.8) is 0 Å². The van der Waals surface area contributed by atoms with Crippen LogP contribution in [0.4, 0.5) is 0 Å². The zero-order valence-corrected chi connectivity index (χ0v) is 17.8. The summed E-state index contributed by atoms with van der Waals surface area (Å²) in [5, 5.41) is 12.6. The second-order valence-electron chi connectivity index (χ2n) is 8.12. The van der Waals surface area contributed by atoms with Gasteiger partial charge < -0.3 is 19.5 Å². The highest BCUT2D eigenvalue weighted by atomic mass is 32.1. The second-order valence-corrected chi connectivity index (χ2v) is 9.04. The molecule has 0 atom stereocenters. The van der Waals surface area contributed by atoms with Crippen molar-refractivity contribution in [1.29, 1.82) is 0 Å². The molecule has 160 valence electrons. The van der Waals surface area contributed by atoms with Crippen LogP contribution >= 0.6 is 11.3 Å². The molecule has 3 aliphatic rings. The summed E-state index contributed by atoms with van der Waals surface area (Å²) in [6.45, 7) is -0.0559. The van der Waals surface area contributed by atoms with Crippen LogP contribution < -0.4 is 19.5 Å².